The molecule has 0 spiro atoms. The van der Waals surface area contributed by atoms with Gasteiger partial charge in [-0.1, -0.05) is 24.3 Å². The summed E-state index contributed by atoms with van der Waals surface area (Å²) < 4.78 is 5.48. The Kier molecular flexibility index (Phi) is 5.52. The number of para-hydroxylation sites is 1. The van der Waals surface area contributed by atoms with Gasteiger partial charge in [0.25, 0.3) is 0 Å². The van der Waals surface area contributed by atoms with Crippen molar-refractivity contribution in [1.29, 1.82) is 0 Å². The molecule has 0 saturated carbocycles. The molecule has 0 radical (unpaired) electrons. The first kappa shape index (κ1) is 16.3. The van der Waals surface area contributed by atoms with E-state index >= 15 is 0 Å². The first-order chi connectivity index (χ1) is 11.1. The van der Waals surface area contributed by atoms with E-state index in [2.05, 4.69) is 5.32 Å². The predicted octanol–water partition coefficient (Wildman–Crippen LogP) is 3.44. The molecule has 0 aliphatic rings. The van der Waals surface area contributed by atoms with Crippen LogP contribution in [0.1, 0.15) is 22.8 Å². The predicted molar refractivity (Wildman–Crippen MR) is 88.7 cm³/mol. The summed E-state index contributed by atoms with van der Waals surface area (Å²) in [6.45, 7) is 2.43. The van der Waals surface area contributed by atoms with Gasteiger partial charge in [-0.2, -0.15) is 0 Å². The summed E-state index contributed by atoms with van der Waals surface area (Å²) in [6.07, 6.45) is 3.03. The molecule has 0 bridgehead atoms. The maximum absolute atomic E-state index is 11.9. The Morgan fingerprint density at radius 2 is 1.96 bits per heavy atom. The van der Waals surface area contributed by atoms with Gasteiger partial charge in [-0.05, 0) is 37.3 Å². The topological polar surface area (TPSA) is 75.6 Å². The highest BCUT2D eigenvalue weighted by molar-refractivity contribution is 6.02. The van der Waals surface area contributed by atoms with Gasteiger partial charge in [0.15, 0.2) is 0 Å². The maximum Gasteiger partial charge on any atom is 0.335 e. The van der Waals surface area contributed by atoms with Crippen LogP contribution in [0.25, 0.3) is 6.08 Å². The molecule has 2 aromatic rings. The number of amides is 1. The zero-order valence-electron chi connectivity index (χ0n) is 12.7. The number of carbonyl (C=O) groups is 2. The first-order valence-corrected chi connectivity index (χ1v) is 7.14. The maximum atomic E-state index is 11.9. The van der Waals surface area contributed by atoms with Gasteiger partial charge >= 0.3 is 5.97 Å². The van der Waals surface area contributed by atoms with Crippen molar-refractivity contribution in [3.8, 4) is 5.75 Å². The van der Waals surface area contributed by atoms with E-state index in [1.807, 2.05) is 31.2 Å². The molecule has 23 heavy (non-hydrogen) atoms. The average Bonchev–Trinajstić information content (AvgIpc) is 2.54. The van der Waals surface area contributed by atoms with E-state index in [1.165, 1.54) is 18.2 Å². The lowest BCUT2D eigenvalue weighted by Gasteiger charge is -2.06. The SMILES string of the molecule is CCOc1ccccc1/C=C/C(=O)Nc1cccc(C(=O)O)c1. The minimum atomic E-state index is -1.04. The number of benzene rings is 2. The molecular formula is C18H17NO4. The van der Waals surface area contributed by atoms with E-state index in [9.17, 15) is 9.59 Å². The summed E-state index contributed by atoms with van der Waals surface area (Å²) in [5.74, 6) is -0.687. The van der Waals surface area contributed by atoms with Crippen molar-refractivity contribution < 1.29 is 19.4 Å². The van der Waals surface area contributed by atoms with E-state index in [0.717, 1.165) is 5.56 Å². The van der Waals surface area contributed by atoms with Crippen LogP contribution >= 0.6 is 0 Å². The average molecular weight is 311 g/mol. The largest absolute Gasteiger partial charge is 0.493 e. The summed E-state index contributed by atoms with van der Waals surface area (Å²) in [4.78, 5) is 22.9. The van der Waals surface area contributed by atoms with Crippen LogP contribution in [0.2, 0.25) is 0 Å². The minimum absolute atomic E-state index is 0.119. The second-order valence-corrected chi connectivity index (χ2v) is 4.68. The number of hydrogen-bond acceptors (Lipinski definition) is 3. The zero-order valence-corrected chi connectivity index (χ0v) is 12.7. The highest BCUT2D eigenvalue weighted by atomic mass is 16.5. The van der Waals surface area contributed by atoms with E-state index in [1.54, 1.807) is 18.2 Å². The van der Waals surface area contributed by atoms with E-state index in [4.69, 9.17) is 9.84 Å². The Bertz CT molecular complexity index is 737. The van der Waals surface area contributed by atoms with Crippen LogP contribution < -0.4 is 10.1 Å². The van der Waals surface area contributed by atoms with Gasteiger partial charge < -0.3 is 15.2 Å². The third kappa shape index (κ3) is 4.71. The third-order valence-corrected chi connectivity index (χ3v) is 3.01. The fourth-order valence-corrected chi connectivity index (χ4v) is 1.98. The van der Waals surface area contributed by atoms with Crippen LogP contribution in [-0.2, 0) is 4.79 Å². The molecule has 0 atom stereocenters. The number of carboxylic acid groups (broad SMARTS) is 1. The molecule has 0 aliphatic heterocycles. The van der Waals surface area contributed by atoms with Crippen molar-refractivity contribution >= 4 is 23.6 Å². The molecule has 5 heteroatoms. The van der Waals surface area contributed by atoms with Crippen LogP contribution in [0.3, 0.4) is 0 Å². The summed E-state index contributed by atoms with van der Waals surface area (Å²) in [6, 6.07) is 13.5. The number of ether oxygens (including phenoxy) is 1. The molecule has 2 rings (SSSR count). The van der Waals surface area contributed by atoms with Gasteiger partial charge in [-0.3, -0.25) is 4.79 Å². The second-order valence-electron chi connectivity index (χ2n) is 4.68. The molecule has 2 aromatic carbocycles. The molecule has 2 N–H and O–H groups in total. The highest BCUT2D eigenvalue weighted by Gasteiger charge is 2.05. The molecule has 0 heterocycles. The molecule has 0 saturated heterocycles. The van der Waals surface area contributed by atoms with Gasteiger partial charge in [0.2, 0.25) is 5.91 Å². The molecule has 0 aromatic heterocycles. The van der Waals surface area contributed by atoms with Crippen molar-refractivity contribution in [2.75, 3.05) is 11.9 Å². The van der Waals surface area contributed by atoms with Crippen molar-refractivity contribution in [3.05, 3.63) is 65.7 Å². The smallest absolute Gasteiger partial charge is 0.335 e. The summed E-state index contributed by atoms with van der Waals surface area (Å²) >= 11 is 0. The highest BCUT2D eigenvalue weighted by Crippen LogP contribution is 2.19. The third-order valence-electron chi connectivity index (χ3n) is 3.01. The Morgan fingerprint density at radius 1 is 1.17 bits per heavy atom. The van der Waals surface area contributed by atoms with E-state index in [-0.39, 0.29) is 11.5 Å². The molecule has 0 aliphatic carbocycles. The first-order valence-electron chi connectivity index (χ1n) is 7.14. The Hall–Kier alpha value is -3.08. The van der Waals surface area contributed by atoms with Crippen LogP contribution in [0.4, 0.5) is 5.69 Å². The van der Waals surface area contributed by atoms with Crippen molar-refractivity contribution in [1.82, 2.24) is 0 Å². The number of carboxylic acids is 1. The molecule has 0 unspecified atom stereocenters. The lowest BCUT2D eigenvalue weighted by Crippen LogP contribution is -2.08. The van der Waals surface area contributed by atoms with Crippen LogP contribution in [0.15, 0.2) is 54.6 Å². The standard InChI is InChI=1S/C18H17NO4/c1-2-23-16-9-4-3-6-13(16)10-11-17(20)19-15-8-5-7-14(12-15)18(21)22/h3-12H,2H2,1H3,(H,19,20)(H,21,22)/b11-10+. The Morgan fingerprint density at radius 3 is 2.70 bits per heavy atom. The van der Waals surface area contributed by atoms with Gasteiger partial charge in [0, 0.05) is 17.3 Å². The van der Waals surface area contributed by atoms with E-state index < -0.39 is 5.97 Å². The molecular weight excluding hydrogens is 294 g/mol. The van der Waals surface area contributed by atoms with Gasteiger partial charge in [0.1, 0.15) is 5.75 Å². The number of carbonyl (C=O) groups excluding carboxylic acids is 1. The normalized spacial score (nSPS) is 10.5. The molecule has 0 fully saturated rings. The van der Waals surface area contributed by atoms with Crippen LogP contribution in [0.5, 0.6) is 5.75 Å². The lowest BCUT2D eigenvalue weighted by molar-refractivity contribution is -0.111. The van der Waals surface area contributed by atoms with Gasteiger partial charge in [-0.15, -0.1) is 0 Å². The van der Waals surface area contributed by atoms with Crippen molar-refractivity contribution in [3.63, 3.8) is 0 Å². The van der Waals surface area contributed by atoms with Crippen LogP contribution in [-0.4, -0.2) is 23.6 Å². The summed E-state index contributed by atoms with van der Waals surface area (Å²) in [5, 5.41) is 11.6. The fraction of sp³-hybridized carbons (Fsp3) is 0.111. The zero-order chi connectivity index (χ0) is 16.7. The Labute approximate surface area is 134 Å². The fourth-order valence-electron chi connectivity index (χ4n) is 1.98. The number of rotatable bonds is 6. The lowest BCUT2D eigenvalue weighted by atomic mass is 10.2. The number of hydrogen-bond donors (Lipinski definition) is 2. The van der Waals surface area contributed by atoms with E-state index in [0.29, 0.717) is 18.0 Å². The van der Waals surface area contributed by atoms with Crippen molar-refractivity contribution in [2.45, 2.75) is 6.92 Å². The quantitative estimate of drug-likeness (QED) is 0.801. The number of nitrogens with one attached hydrogen (secondary N) is 1. The minimum Gasteiger partial charge on any atom is -0.493 e. The Balaban J connectivity index is 2.08. The van der Waals surface area contributed by atoms with Crippen molar-refractivity contribution in [2.24, 2.45) is 0 Å². The summed E-state index contributed by atoms with van der Waals surface area (Å²) in [7, 11) is 0. The molecule has 5 nitrogen and oxygen atoms in total. The van der Waals surface area contributed by atoms with Crippen LogP contribution in [0, 0.1) is 0 Å². The molecule has 1 amide bonds. The molecule has 118 valence electrons. The number of aromatic carboxylic acids is 1. The monoisotopic (exact) mass is 311 g/mol. The number of anilines is 1. The second kappa shape index (κ2) is 7.79. The van der Waals surface area contributed by atoms with Gasteiger partial charge in [0.05, 0.1) is 12.2 Å². The summed E-state index contributed by atoms with van der Waals surface area (Å²) in [5.41, 5.74) is 1.34. The van der Waals surface area contributed by atoms with Gasteiger partial charge in [-0.25, -0.2) is 4.79 Å².